The van der Waals surface area contributed by atoms with E-state index in [0.717, 1.165) is 44.9 Å². The number of hydrogen-bond donors (Lipinski definition) is 0. The molecule has 5 heteroatoms. The quantitative estimate of drug-likeness (QED) is 0.115. The number of benzene rings is 1. The SMILES string of the molecule is O=C(CCCCCCC/C=C\CCCCCCCCC=Cc1ccccc1)OCC(F)(F)F. The molecule has 33 heavy (non-hydrogen) atoms. The van der Waals surface area contributed by atoms with Crippen LogP contribution in [-0.2, 0) is 9.53 Å². The Morgan fingerprint density at radius 2 is 1.18 bits per heavy atom. The fraction of sp³-hybridized carbons (Fsp3) is 0.607. The lowest BCUT2D eigenvalue weighted by molar-refractivity contribution is -0.186. The van der Waals surface area contributed by atoms with Gasteiger partial charge in [0, 0.05) is 6.42 Å². The summed E-state index contributed by atoms with van der Waals surface area (Å²) in [5.41, 5.74) is 1.27. The summed E-state index contributed by atoms with van der Waals surface area (Å²) in [6.45, 7) is -1.48. The smallest absolute Gasteiger partial charge is 0.422 e. The predicted molar refractivity (Wildman–Crippen MR) is 131 cm³/mol. The largest absolute Gasteiger partial charge is 0.456 e. The average Bonchev–Trinajstić information content (AvgIpc) is 2.79. The summed E-state index contributed by atoms with van der Waals surface area (Å²) in [7, 11) is 0. The maximum atomic E-state index is 11.9. The average molecular weight is 467 g/mol. The third kappa shape index (κ3) is 20.3. The van der Waals surface area contributed by atoms with Crippen molar-refractivity contribution in [3.05, 3.63) is 54.1 Å². The van der Waals surface area contributed by atoms with E-state index in [0.29, 0.717) is 6.42 Å². The van der Waals surface area contributed by atoms with Gasteiger partial charge in [0.15, 0.2) is 6.61 Å². The van der Waals surface area contributed by atoms with Gasteiger partial charge in [0.1, 0.15) is 0 Å². The van der Waals surface area contributed by atoms with E-state index in [2.05, 4.69) is 53.3 Å². The van der Waals surface area contributed by atoms with Crippen molar-refractivity contribution in [3.63, 3.8) is 0 Å². The van der Waals surface area contributed by atoms with Gasteiger partial charge >= 0.3 is 12.1 Å². The first-order chi connectivity index (χ1) is 16.0. The van der Waals surface area contributed by atoms with Gasteiger partial charge in [0.2, 0.25) is 0 Å². The molecule has 186 valence electrons. The van der Waals surface area contributed by atoms with E-state index >= 15 is 0 Å². The highest BCUT2D eigenvalue weighted by molar-refractivity contribution is 5.69. The summed E-state index contributed by atoms with van der Waals surface area (Å²) in [5, 5.41) is 0. The Morgan fingerprint density at radius 3 is 1.73 bits per heavy atom. The van der Waals surface area contributed by atoms with Gasteiger partial charge in [0.05, 0.1) is 0 Å². The number of hydrogen-bond acceptors (Lipinski definition) is 2. The van der Waals surface area contributed by atoms with Crippen molar-refractivity contribution < 1.29 is 22.7 Å². The summed E-state index contributed by atoms with van der Waals surface area (Å²) < 4.78 is 40.0. The molecule has 1 aromatic carbocycles. The van der Waals surface area contributed by atoms with Crippen LogP contribution in [0.4, 0.5) is 13.2 Å². The van der Waals surface area contributed by atoms with Crippen molar-refractivity contribution in [1.29, 1.82) is 0 Å². The van der Waals surface area contributed by atoms with Crippen LogP contribution >= 0.6 is 0 Å². The fourth-order valence-electron chi connectivity index (χ4n) is 3.55. The Kier molecular flexibility index (Phi) is 17.1. The number of alkyl halides is 3. The summed E-state index contributed by atoms with van der Waals surface area (Å²) >= 11 is 0. The van der Waals surface area contributed by atoms with Crippen LogP contribution in [0, 0.1) is 0 Å². The highest BCUT2D eigenvalue weighted by Gasteiger charge is 2.29. The molecule has 2 nitrogen and oxygen atoms in total. The summed E-state index contributed by atoms with van der Waals surface area (Å²) in [6, 6.07) is 10.4. The molecule has 0 spiro atoms. The third-order valence-corrected chi connectivity index (χ3v) is 5.42. The molecular formula is C28H41F3O2. The first kappa shape index (κ1) is 29.0. The van der Waals surface area contributed by atoms with E-state index < -0.39 is 18.8 Å². The lowest BCUT2D eigenvalue weighted by Crippen LogP contribution is -2.20. The number of allylic oxidation sites excluding steroid dienone is 3. The van der Waals surface area contributed by atoms with Crippen LogP contribution in [0.3, 0.4) is 0 Å². The number of rotatable bonds is 19. The number of halogens is 3. The van der Waals surface area contributed by atoms with Gasteiger partial charge in [0.25, 0.3) is 0 Å². The van der Waals surface area contributed by atoms with Gasteiger partial charge in [-0.05, 0) is 50.5 Å². The maximum absolute atomic E-state index is 11.9. The first-order valence-corrected chi connectivity index (χ1v) is 12.6. The second-order valence-corrected chi connectivity index (χ2v) is 8.57. The number of carbonyl (C=O) groups is 1. The molecule has 0 amide bonds. The van der Waals surface area contributed by atoms with Crippen LogP contribution in [0.15, 0.2) is 48.6 Å². The van der Waals surface area contributed by atoms with Crippen LogP contribution in [0.25, 0.3) is 6.08 Å². The third-order valence-electron chi connectivity index (χ3n) is 5.42. The van der Waals surface area contributed by atoms with Gasteiger partial charge in [-0.1, -0.05) is 99.6 Å². The monoisotopic (exact) mass is 466 g/mol. The highest BCUT2D eigenvalue weighted by atomic mass is 19.4. The molecule has 0 saturated carbocycles. The molecule has 1 rings (SSSR count). The molecule has 0 atom stereocenters. The summed E-state index contributed by atoms with van der Waals surface area (Å²) in [6.07, 6.45) is 20.5. The first-order valence-electron chi connectivity index (χ1n) is 12.6. The Morgan fingerprint density at radius 1 is 0.697 bits per heavy atom. The molecule has 0 aromatic heterocycles. The number of carbonyl (C=O) groups excluding carboxylic acids is 1. The van der Waals surface area contributed by atoms with Gasteiger partial charge in [-0.2, -0.15) is 13.2 Å². The molecule has 0 aliphatic carbocycles. The van der Waals surface area contributed by atoms with E-state index in [1.807, 2.05) is 6.07 Å². The summed E-state index contributed by atoms with van der Waals surface area (Å²) in [4.78, 5) is 11.2. The Balaban J connectivity index is 1.78. The Hall–Kier alpha value is -2.04. The van der Waals surface area contributed by atoms with Gasteiger partial charge in [-0.25, -0.2) is 0 Å². The second-order valence-electron chi connectivity index (χ2n) is 8.57. The molecule has 0 radical (unpaired) electrons. The normalized spacial score (nSPS) is 12.1. The van der Waals surface area contributed by atoms with Crippen molar-refractivity contribution in [3.8, 4) is 0 Å². The number of esters is 1. The molecule has 0 bridgehead atoms. The van der Waals surface area contributed by atoms with Crippen molar-refractivity contribution in [2.75, 3.05) is 6.61 Å². The number of ether oxygens (including phenoxy) is 1. The lowest BCUT2D eigenvalue weighted by atomic mass is 10.1. The van der Waals surface area contributed by atoms with Crippen molar-refractivity contribution in [2.45, 2.75) is 102 Å². The van der Waals surface area contributed by atoms with Crippen LogP contribution in [0.2, 0.25) is 0 Å². The maximum Gasteiger partial charge on any atom is 0.422 e. The van der Waals surface area contributed by atoms with Crippen LogP contribution in [0.1, 0.15) is 102 Å². The second kappa shape index (κ2) is 19.4. The van der Waals surface area contributed by atoms with E-state index in [1.54, 1.807) is 0 Å². The molecule has 0 unspecified atom stereocenters. The van der Waals surface area contributed by atoms with E-state index in [-0.39, 0.29) is 6.42 Å². The minimum Gasteiger partial charge on any atom is -0.456 e. The zero-order chi connectivity index (χ0) is 24.0. The lowest BCUT2D eigenvalue weighted by Gasteiger charge is -2.07. The molecule has 1 aromatic rings. The standard InChI is InChI=1S/C28H41F3O2/c29-28(30,31)25-33-27(32)24-20-15-13-11-9-7-5-3-1-2-4-6-8-10-12-14-17-21-26-22-18-16-19-23-26/h3,5,16-19,21-23H,1-2,4,6-15,20,24-25H2/b5-3-,21-17?. The Labute approximate surface area is 198 Å². The molecule has 0 fully saturated rings. The fourth-order valence-corrected chi connectivity index (χ4v) is 3.55. The number of unbranched alkanes of at least 4 members (excludes halogenated alkanes) is 12. The zero-order valence-electron chi connectivity index (χ0n) is 20.0. The van der Waals surface area contributed by atoms with Crippen LogP contribution < -0.4 is 0 Å². The molecule has 0 aliphatic rings. The minimum absolute atomic E-state index is 0.0707. The van der Waals surface area contributed by atoms with Crippen molar-refractivity contribution in [2.24, 2.45) is 0 Å². The van der Waals surface area contributed by atoms with E-state index in [4.69, 9.17) is 0 Å². The van der Waals surface area contributed by atoms with Gasteiger partial charge in [-0.3, -0.25) is 4.79 Å². The topological polar surface area (TPSA) is 26.3 Å². The van der Waals surface area contributed by atoms with Gasteiger partial charge in [-0.15, -0.1) is 0 Å². The zero-order valence-corrected chi connectivity index (χ0v) is 20.0. The predicted octanol–water partition coefficient (Wildman–Crippen LogP) is 9.21. The molecule has 0 heterocycles. The molecule has 0 saturated heterocycles. The van der Waals surface area contributed by atoms with Crippen molar-refractivity contribution >= 4 is 12.0 Å². The van der Waals surface area contributed by atoms with Crippen LogP contribution in [-0.4, -0.2) is 18.8 Å². The van der Waals surface area contributed by atoms with E-state index in [9.17, 15) is 18.0 Å². The molecule has 0 N–H and O–H groups in total. The minimum atomic E-state index is -4.44. The van der Waals surface area contributed by atoms with Crippen LogP contribution in [0.5, 0.6) is 0 Å². The van der Waals surface area contributed by atoms with Crippen molar-refractivity contribution in [1.82, 2.24) is 0 Å². The van der Waals surface area contributed by atoms with E-state index in [1.165, 1.54) is 44.1 Å². The summed E-state index contributed by atoms with van der Waals surface area (Å²) in [5.74, 6) is -0.758. The van der Waals surface area contributed by atoms with Gasteiger partial charge < -0.3 is 4.74 Å². The molecule has 0 aliphatic heterocycles. The Bertz CT molecular complexity index is 651. The highest BCUT2D eigenvalue weighted by Crippen LogP contribution is 2.16. The molecular weight excluding hydrogens is 425 g/mol.